The van der Waals surface area contributed by atoms with Gasteiger partial charge in [0.05, 0.1) is 32.4 Å². The first-order valence-electron chi connectivity index (χ1n) is 11.3. The maximum absolute atomic E-state index is 13.6. The van der Waals surface area contributed by atoms with Crippen molar-refractivity contribution < 1.29 is 18.7 Å². The third-order valence-corrected chi connectivity index (χ3v) is 6.21. The van der Waals surface area contributed by atoms with E-state index in [1.165, 1.54) is 0 Å². The first kappa shape index (κ1) is 21.8. The molecule has 4 aromatic rings. The van der Waals surface area contributed by atoms with Crippen LogP contribution >= 0.6 is 0 Å². The van der Waals surface area contributed by atoms with Gasteiger partial charge in [-0.25, -0.2) is 4.98 Å². The molecule has 1 aromatic heterocycles. The summed E-state index contributed by atoms with van der Waals surface area (Å²) in [7, 11) is 3.27. The van der Waals surface area contributed by atoms with E-state index in [9.17, 15) is 4.79 Å². The highest BCUT2D eigenvalue weighted by molar-refractivity contribution is 5.80. The van der Waals surface area contributed by atoms with E-state index in [-0.39, 0.29) is 18.4 Å². The van der Waals surface area contributed by atoms with Gasteiger partial charge in [-0.3, -0.25) is 4.79 Å². The molecule has 34 heavy (non-hydrogen) atoms. The van der Waals surface area contributed by atoms with Crippen molar-refractivity contribution in [2.45, 2.75) is 18.9 Å². The predicted octanol–water partition coefficient (Wildman–Crippen LogP) is 5.08. The largest absolute Gasteiger partial charge is 0.493 e. The summed E-state index contributed by atoms with van der Waals surface area (Å²) in [4.78, 5) is 20.1. The standard InChI is InChI=1S/C28H26N2O4/c1-32-24-15-21-13-14-30(27(19-9-5-3-6-10-19)23(21)17-25(24)33-2)26(31)16-22-18-34-28(29-22)20-11-7-4-8-12-20/h3-12,15,17-18,27H,13-14,16H2,1-2H3. The highest BCUT2D eigenvalue weighted by Crippen LogP contribution is 2.41. The Balaban J connectivity index is 1.47. The summed E-state index contributed by atoms with van der Waals surface area (Å²) in [5.74, 6) is 1.87. The van der Waals surface area contributed by atoms with Crippen LogP contribution in [0.25, 0.3) is 11.5 Å². The lowest BCUT2D eigenvalue weighted by molar-refractivity contribution is -0.132. The van der Waals surface area contributed by atoms with Gasteiger partial charge in [-0.1, -0.05) is 48.5 Å². The number of carbonyl (C=O) groups excluding carboxylic acids is 1. The second-order valence-corrected chi connectivity index (χ2v) is 8.24. The number of methoxy groups -OCH3 is 2. The van der Waals surface area contributed by atoms with Crippen molar-refractivity contribution in [1.29, 1.82) is 0 Å². The molecule has 3 aromatic carbocycles. The number of rotatable bonds is 6. The van der Waals surface area contributed by atoms with Gasteiger partial charge in [0.2, 0.25) is 11.8 Å². The Morgan fingerprint density at radius 2 is 1.68 bits per heavy atom. The Kier molecular flexibility index (Phi) is 6.04. The number of hydrogen-bond acceptors (Lipinski definition) is 5. The maximum atomic E-state index is 13.6. The third kappa shape index (κ3) is 4.15. The average molecular weight is 455 g/mol. The molecule has 0 aliphatic carbocycles. The SMILES string of the molecule is COc1cc2c(cc1OC)C(c1ccccc1)N(C(=O)Cc1coc(-c3ccccc3)n1)CC2. The molecule has 1 aliphatic heterocycles. The van der Waals surface area contributed by atoms with Crippen LogP contribution < -0.4 is 9.47 Å². The van der Waals surface area contributed by atoms with Crippen LogP contribution in [0.3, 0.4) is 0 Å². The summed E-state index contributed by atoms with van der Waals surface area (Å²) >= 11 is 0. The molecule has 0 saturated heterocycles. The summed E-state index contributed by atoms with van der Waals surface area (Å²) in [5.41, 5.74) is 4.76. The number of ether oxygens (including phenoxy) is 2. The number of oxazole rings is 1. The van der Waals surface area contributed by atoms with Gasteiger partial charge in [0, 0.05) is 12.1 Å². The third-order valence-electron chi connectivity index (χ3n) is 6.21. The van der Waals surface area contributed by atoms with E-state index in [4.69, 9.17) is 13.9 Å². The van der Waals surface area contributed by atoms with Crippen molar-refractivity contribution in [3.8, 4) is 23.0 Å². The molecule has 1 atom stereocenters. The van der Waals surface area contributed by atoms with E-state index >= 15 is 0 Å². The van der Waals surface area contributed by atoms with E-state index in [1.54, 1.807) is 20.5 Å². The van der Waals surface area contributed by atoms with E-state index in [2.05, 4.69) is 17.1 Å². The summed E-state index contributed by atoms with van der Waals surface area (Å²) in [5, 5.41) is 0. The van der Waals surface area contributed by atoms with E-state index in [0.29, 0.717) is 29.6 Å². The van der Waals surface area contributed by atoms with Gasteiger partial charge in [0.25, 0.3) is 0 Å². The quantitative estimate of drug-likeness (QED) is 0.407. The maximum Gasteiger partial charge on any atom is 0.229 e. The minimum atomic E-state index is -0.224. The summed E-state index contributed by atoms with van der Waals surface area (Å²) < 4.78 is 16.7. The number of benzene rings is 3. The van der Waals surface area contributed by atoms with Crippen molar-refractivity contribution in [3.05, 3.63) is 101 Å². The number of fused-ring (bicyclic) bond motifs is 1. The zero-order chi connectivity index (χ0) is 23.5. The molecule has 0 fully saturated rings. The van der Waals surface area contributed by atoms with Crippen LogP contribution in [0.4, 0.5) is 0 Å². The Bertz CT molecular complexity index is 1280. The Morgan fingerprint density at radius 1 is 1.00 bits per heavy atom. The number of aromatic nitrogens is 1. The van der Waals surface area contributed by atoms with Gasteiger partial charge in [0.15, 0.2) is 11.5 Å². The number of hydrogen-bond donors (Lipinski definition) is 0. The van der Waals surface area contributed by atoms with Gasteiger partial charge < -0.3 is 18.8 Å². The van der Waals surface area contributed by atoms with Crippen LogP contribution in [0.2, 0.25) is 0 Å². The highest BCUT2D eigenvalue weighted by atomic mass is 16.5. The Morgan fingerprint density at radius 3 is 2.38 bits per heavy atom. The number of amides is 1. The van der Waals surface area contributed by atoms with Crippen LogP contribution in [-0.4, -0.2) is 36.6 Å². The minimum Gasteiger partial charge on any atom is -0.493 e. The van der Waals surface area contributed by atoms with Crippen molar-refractivity contribution in [3.63, 3.8) is 0 Å². The second-order valence-electron chi connectivity index (χ2n) is 8.24. The lowest BCUT2D eigenvalue weighted by Crippen LogP contribution is -2.41. The molecule has 0 radical (unpaired) electrons. The van der Waals surface area contributed by atoms with E-state index in [1.807, 2.05) is 65.6 Å². The zero-order valence-corrected chi connectivity index (χ0v) is 19.2. The van der Waals surface area contributed by atoms with Gasteiger partial charge >= 0.3 is 0 Å². The molecular weight excluding hydrogens is 428 g/mol. The van der Waals surface area contributed by atoms with Crippen molar-refractivity contribution in [1.82, 2.24) is 9.88 Å². The normalized spacial score (nSPS) is 15.0. The lowest BCUT2D eigenvalue weighted by Gasteiger charge is -2.38. The Hall–Kier alpha value is -4.06. The molecule has 5 rings (SSSR count). The highest BCUT2D eigenvalue weighted by Gasteiger charge is 2.33. The first-order chi connectivity index (χ1) is 16.7. The van der Waals surface area contributed by atoms with Gasteiger partial charge in [0.1, 0.15) is 6.26 Å². The molecule has 1 unspecified atom stereocenters. The van der Waals surface area contributed by atoms with Gasteiger partial charge in [-0.15, -0.1) is 0 Å². The fourth-order valence-electron chi connectivity index (χ4n) is 4.57. The monoisotopic (exact) mass is 454 g/mol. The molecule has 172 valence electrons. The Labute approximate surface area is 198 Å². The fourth-order valence-corrected chi connectivity index (χ4v) is 4.57. The van der Waals surface area contributed by atoms with Crippen LogP contribution in [0, 0.1) is 0 Å². The van der Waals surface area contributed by atoms with Crippen molar-refractivity contribution in [2.24, 2.45) is 0 Å². The molecule has 1 amide bonds. The molecule has 0 bridgehead atoms. The van der Waals surface area contributed by atoms with E-state index < -0.39 is 0 Å². The molecular formula is C28H26N2O4. The smallest absolute Gasteiger partial charge is 0.229 e. The molecule has 2 heterocycles. The van der Waals surface area contributed by atoms with Crippen LogP contribution in [0.5, 0.6) is 11.5 Å². The molecule has 1 aliphatic rings. The molecule has 0 saturated carbocycles. The van der Waals surface area contributed by atoms with E-state index in [0.717, 1.165) is 28.7 Å². The zero-order valence-electron chi connectivity index (χ0n) is 19.2. The topological polar surface area (TPSA) is 64.8 Å². The molecule has 6 nitrogen and oxygen atoms in total. The summed E-state index contributed by atoms with van der Waals surface area (Å²) in [6.07, 6.45) is 2.48. The summed E-state index contributed by atoms with van der Waals surface area (Å²) in [6, 6.07) is 23.6. The minimum absolute atomic E-state index is 0.00204. The second kappa shape index (κ2) is 9.43. The van der Waals surface area contributed by atoms with Crippen molar-refractivity contribution >= 4 is 5.91 Å². The molecule has 0 spiro atoms. The average Bonchev–Trinajstić information content (AvgIpc) is 3.36. The lowest BCUT2D eigenvalue weighted by atomic mass is 9.87. The summed E-state index contributed by atoms with van der Waals surface area (Å²) in [6.45, 7) is 0.601. The molecule has 0 N–H and O–H groups in total. The van der Waals surface area contributed by atoms with Gasteiger partial charge in [-0.2, -0.15) is 0 Å². The number of nitrogens with zero attached hydrogens (tertiary/aromatic N) is 2. The predicted molar refractivity (Wildman–Crippen MR) is 129 cm³/mol. The number of carbonyl (C=O) groups is 1. The van der Waals surface area contributed by atoms with Crippen LogP contribution in [-0.2, 0) is 17.6 Å². The molecule has 6 heteroatoms. The van der Waals surface area contributed by atoms with Crippen molar-refractivity contribution in [2.75, 3.05) is 20.8 Å². The van der Waals surface area contributed by atoms with Gasteiger partial charge in [-0.05, 0) is 47.4 Å². The first-order valence-corrected chi connectivity index (χ1v) is 11.3. The fraction of sp³-hybridized carbons (Fsp3) is 0.214. The van der Waals surface area contributed by atoms with Crippen LogP contribution in [0.15, 0.2) is 83.5 Å². The van der Waals surface area contributed by atoms with Crippen LogP contribution in [0.1, 0.15) is 28.4 Å².